The molecule has 4 heteroatoms. The van der Waals surface area contributed by atoms with Gasteiger partial charge in [-0.3, -0.25) is 9.69 Å². The smallest absolute Gasteiger partial charge is 0.317 e. The fraction of sp³-hybridized carbons (Fsp3) is 0.909. The maximum atomic E-state index is 10.7. The Bertz CT molecular complexity index is 183. The van der Waals surface area contributed by atoms with Crippen molar-refractivity contribution < 1.29 is 9.90 Å². The average Bonchev–Trinajstić information content (AvgIpc) is 2.14. The van der Waals surface area contributed by atoms with Crippen LogP contribution in [0, 0.1) is 0 Å². The largest absolute Gasteiger partial charge is 0.480 e. The summed E-state index contributed by atoms with van der Waals surface area (Å²) in [5.41, 5.74) is 0. The Morgan fingerprint density at radius 3 is 2.33 bits per heavy atom. The minimum atomic E-state index is -0.736. The van der Waals surface area contributed by atoms with Gasteiger partial charge in [-0.2, -0.15) is 0 Å². The van der Waals surface area contributed by atoms with E-state index in [4.69, 9.17) is 5.11 Å². The van der Waals surface area contributed by atoms with Gasteiger partial charge in [-0.25, -0.2) is 0 Å². The van der Waals surface area contributed by atoms with Crippen molar-refractivity contribution >= 4 is 5.97 Å². The summed E-state index contributed by atoms with van der Waals surface area (Å²) in [5, 5.41) is 8.78. The zero-order valence-electron chi connectivity index (χ0n) is 10.4. The van der Waals surface area contributed by atoms with Crippen molar-refractivity contribution in [3.8, 4) is 0 Å². The quantitative estimate of drug-likeness (QED) is 0.660. The van der Waals surface area contributed by atoms with Crippen LogP contribution in [0.4, 0.5) is 0 Å². The number of hydrogen-bond donors (Lipinski definition) is 1. The van der Waals surface area contributed by atoms with Crippen LogP contribution < -0.4 is 0 Å². The zero-order valence-corrected chi connectivity index (χ0v) is 10.4. The normalized spacial score (nSPS) is 13.5. The molecule has 1 N–H and O–H groups in total. The Labute approximate surface area is 92.9 Å². The molecular weight excluding hydrogens is 192 g/mol. The molecule has 0 rings (SSSR count). The predicted molar refractivity (Wildman–Crippen MR) is 62.1 cm³/mol. The van der Waals surface area contributed by atoms with E-state index in [1.807, 2.05) is 19.0 Å². The molecule has 0 fully saturated rings. The van der Waals surface area contributed by atoms with Crippen LogP contribution >= 0.6 is 0 Å². The maximum Gasteiger partial charge on any atom is 0.317 e. The molecular formula is C11H24N2O2. The van der Waals surface area contributed by atoms with Crippen LogP contribution in [-0.2, 0) is 4.79 Å². The topological polar surface area (TPSA) is 43.8 Å². The molecule has 0 aromatic rings. The van der Waals surface area contributed by atoms with E-state index in [0.717, 1.165) is 25.9 Å². The first-order chi connectivity index (χ1) is 6.97. The molecule has 1 unspecified atom stereocenters. The Kier molecular flexibility index (Phi) is 7.34. The summed E-state index contributed by atoms with van der Waals surface area (Å²) < 4.78 is 0. The number of carboxylic acid groups (broad SMARTS) is 1. The van der Waals surface area contributed by atoms with E-state index in [1.54, 1.807) is 0 Å². The molecule has 0 radical (unpaired) electrons. The molecule has 0 amide bonds. The van der Waals surface area contributed by atoms with Gasteiger partial charge in [-0.1, -0.05) is 6.92 Å². The molecule has 0 aromatic heterocycles. The monoisotopic (exact) mass is 216 g/mol. The van der Waals surface area contributed by atoms with E-state index in [2.05, 4.69) is 18.7 Å². The Hall–Kier alpha value is -0.610. The second kappa shape index (κ2) is 7.65. The third-order valence-electron chi connectivity index (χ3n) is 2.60. The first-order valence-electron chi connectivity index (χ1n) is 5.58. The maximum absolute atomic E-state index is 10.7. The van der Waals surface area contributed by atoms with Crippen LogP contribution in [0.1, 0.15) is 26.7 Å². The Balaban J connectivity index is 3.95. The highest BCUT2D eigenvalue weighted by Gasteiger charge is 2.14. The minimum absolute atomic E-state index is 0.155. The summed E-state index contributed by atoms with van der Waals surface area (Å²) in [4.78, 5) is 14.8. The molecule has 0 aromatic carbocycles. The van der Waals surface area contributed by atoms with Crippen LogP contribution in [0.5, 0.6) is 0 Å². The number of nitrogens with zero attached hydrogens (tertiary/aromatic N) is 2. The number of carbonyl (C=O) groups is 1. The summed E-state index contributed by atoms with van der Waals surface area (Å²) >= 11 is 0. The molecule has 15 heavy (non-hydrogen) atoms. The van der Waals surface area contributed by atoms with Gasteiger partial charge in [0.1, 0.15) is 0 Å². The first kappa shape index (κ1) is 14.4. The Morgan fingerprint density at radius 2 is 1.93 bits per heavy atom. The second-order valence-corrected chi connectivity index (χ2v) is 4.28. The van der Waals surface area contributed by atoms with Crippen molar-refractivity contribution in [1.82, 2.24) is 9.80 Å². The summed E-state index contributed by atoms with van der Waals surface area (Å²) in [5.74, 6) is -0.736. The lowest BCUT2D eigenvalue weighted by Gasteiger charge is -2.27. The van der Waals surface area contributed by atoms with E-state index in [-0.39, 0.29) is 6.54 Å². The van der Waals surface area contributed by atoms with E-state index >= 15 is 0 Å². The molecule has 0 aliphatic rings. The van der Waals surface area contributed by atoms with Crippen LogP contribution in [0.25, 0.3) is 0 Å². The van der Waals surface area contributed by atoms with E-state index in [1.165, 1.54) is 0 Å². The van der Waals surface area contributed by atoms with Gasteiger partial charge in [0.2, 0.25) is 0 Å². The van der Waals surface area contributed by atoms with Crippen LogP contribution in [0.15, 0.2) is 0 Å². The second-order valence-electron chi connectivity index (χ2n) is 4.28. The van der Waals surface area contributed by atoms with Gasteiger partial charge >= 0.3 is 5.97 Å². The molecule has 4 nitrogen and oxygen atoms in total. The van der Waals surface area contributed by atoms with Gasteiger partial charge in [-0.05, 0) is 40.4 Å². The van der Waals surface area contributed by atoms with Gasteiger partial charge in [0.05, 0.1) is 6.54 Å². The van der Waals surface area contributed by atoms with E-state index < -0.39 is 5.97 Å². The van der Waals surface area contributed by atoms with Crippen LogP contribution in [0.3, 0.4) is 0 Å². The van der Waals surface area contributed by atoms with E-state index in [9.17, 15) is 4.79 Å². The number of carboxylic acids is 1. The lowest BCUT2D eigenvalue weighted by molar-refractivity contribution is -0.138. The molecule has 0 aliphatic carbocycles. The highest BCUT2D eigenvalue weighted by molar-refractivity contribution is 5.69. The lowest BCUT2D eigenvalue weighted by Crippen LogP contribution is -2.38. The molecule has 90 valence electrons. The standard InChI is InChI=1S/C11H24N2O2/c1-5-10(2)13(9-11(14)15)8-6-7-12(3)4/h10H,5-9H2,1-4H3,(H,14,15). The summed E-state index contributed by atoms with van der Waals surface area (Å²) in [7, 11) is 4.07. The van der Waals surface area contributed by atoms with Crippen molar-refractivity contribution in [3.63, 3.8) is 0 Å². The molecule has 1 atom stereocenters. The summed E-state index contributed by atoms with van der Waals surface area (Å²) in [6.07, 6.45) is 2.01. The fourth-order valence-electron chi connectivity index (χ4n) is 1.48. The molecule has 0 spiro atoms. The number of aliphatic carboxylic acids is 1. The fourth-order valence-corrected chi connectivity index (χ4v) is 1.48. The summed E-state index contributed by atoms with van der Waals surface area (Å²) in [6, 6.07) is 0.350. The van der Waals surface area contributed by atoms with Crippen molar-refractivity contribution in [2.45, 2.75) is 32.7 Å². The third-order valence-corrected chi connectivity index (χ3v) is 2.60. The van der Waals surface area contributed by atoms with Crippen molar-refractivity contribution in [3.05, 3.63) is 0 Å². The molecule has 0 bridgehead atoms. The van der Waals surface area contributed by atoms with Gasteiger partial charge in [-0.15, -0.1) is 0 Å². The zero-order chi connectivity index (χ0) is 11.8. The van der Waals surface area contributed by atoms with Crippen molar-refractivity contribution in [1.29, 1.82) is 0 Å². The summed E-state index contributed by atoms with van der Waals surface area (Å²) in [6.45, 7) is 6.19. The van der Waals surface area contributed by atoms with Crippen LogP contribution in [-0.4, -0.2) is 60.6 Å². The van der Waals surface area contributed by atoms with Gasteiger partial charge in [0.15, 0.2) is 0 Å². The third kappa shape index (κ3) is 7.33. The highest BCUT2D eigenvalue weighted by Crippen LogP contribution is 2.04. The molecule has 0 aliphatic heterocycles. The average molecular weight is 216 g/mol. The van der Waals surface area contributed by atoms with Crippen molar-refractivity contribution in [2.24, 2.45) is 0 Å². The number of hydrogen-bond acceptors (Lipinski definition) is 3. The molecule has 0 heterocycles. The van der Waals surface area contributed by atoms with Crippen molar-refractivity contribution in [2.75, 3.05) is 33.7 Å². The minimum Gasteiger partial charge on any atom is -0.480 e. The predicted octanol–water partition coefficient (Wildman–Crippen LogP) is 1.12. The van der Waals surface area contributed by atoms with Gasteiger partial charge in [0.25, 0.3) is 0 Å². The van der Waals surface area contributed by atoms with Gasteiger partial charge < -0.3 is 10.0 Å². The highest BCUT2D eigenvalue weighted by atomic mass is 16.4. The molecule has 0 saturated carbocycles. The van der Waals surface area contributed by atoms with Crippen LogP contribution in [0.2, 0.25) is 0 Å². The lowest BCUT2D eigenvalue weighted by atomic mass is 10.2. The van der Waals surface area contributed by atoms with Gasteiger partial charge in [0, 0.05) is 12.6 Å². The SMILES string of the molecule is CCC(C)N(CCCN(C)C)CC(=O)O. The van der Waals surface area contributed by atoms with E-state index in [0.29, 0.717) is 6.04 Å². The molecule has 0 saturated heterocycles. The Morgan fingerprint density at radius 1 is 1.33 bits per heavy atom. The number of rotatable bonds is 8. The first-order valence-corrected chi connectivity index (χ1v) is 5.58.